The first-order chi connectivity index (χ1) is 10.1. The Morgan fingerprint density at radius 2 is 1.90 bits per heavy atom. The van der Waals surface area contributed by atoms with Gasteiger partial charge in [0.05, 0.1) is 19.8 Å². The molecule has 0 aliphatic rings. The number of ether oxygens (including phenoxy) is 3. The van der Waals surface area contributed by atoms with Crippen molar-refractivity contribution in [1.29, 1.82) is 0 Å². The smallest absolute Gasteiger partial charge is 0.0728 e. The third kappa shape index (κ3) is 8.53. The molecule has 0 aliphatic carbocycles. The lowest BCUT2D eigenvalue weighted by Gasteiger charge is -2.06. The van der Waals surface area contributed by atoms with Crippen molar-refractivity contribution >= 4 is 11.3 Å². The first kappa shape index (κ1) is 18.6. The summed E-state index contributed by atoms with van der Waals surface area (Å²) in [4.78, 5) is 2.71. The van der Waals surface area contributed by atoms with Gasteiger partial charge in [0.15, 0.2) is 0 Å². The Morgan fingerprint density at radius 3 is 2.62 bits per heavy atom. The second kappa shape index (κ2) is 11.2. The Kier molecular flexibility index (Phi) is 9.87. The Morgan fingerprint density at radius 1 is 1.14 bits per heavy atom. The van der Waals surface area contributed by atoms with Crippen molar-refractivity contribution in [2.75, 3.05) is 33.5 Å². The van der Waals surface area contributed by atoms with Gasteiger partial charge in [-0.05, 0) is 25.0 Å². The highest BCUT2D eigenvalue weighted by molar-refractivity contribution is 7.12. The van der Waals surface area contributed by atoms with Crippen LogP contribution < -0.4 is 5.32 Å². The molecule has 1 rings (SSSR count). The maximum atomic E-state index is 5.68. The predicted octanol–water partition coefficient (Wildman–Crippen LogP) is 3.12. The molecule has 0 amide bonds. The number of rotatable bonds is 12. The van der Waals surface area contributed by atoms with Crippen LogP contribution in [0.1, 0.15) is 35.6 Å². The highest BCUT2D eigenvalue weighted by Crippen LogP contribution is 2.22. The van der Waals surface area contributed by atoms with E-state index in [0.29, 0.717) is 25.9 Å². The molecule has 5 heteroatoms. The lowest BCUT2D eigenvalue weighted by Crippen LogP contribution is -2.21. The van der Waals surface area contributed by atoms with Crippen molar-refractivity contribution in [2.24, 2.45) is 0 Å². The van der Waals surface area contributed by atoms with Crippen molar-refractivity contribution < 1.29 is 14.2 Å². The number of thiophene rings is 1. The average Bonchev–Trinajstić information content (AvgIpc) is 2.80. The molecule has 0 aliphatic heterocycles. The second-order valence-electron chi connectivity index (χ2n) is 5.34. The molecule has 0 bridgehead atoms. The van der Waals surface area contributed by atoms with Crippen molar-refractivity contribution in [3.8, 4) is 0 Å². The van der Waals surface area contributed by atoms with Crippen molar-refractivity contribution in [1.82, 2.24) is 5.32 Å². The number of nitrogens with one attached hydrogen (secondary N) is 1. The molecule has 1 heterocycles. The summed E-state index contributed by atoms with van der Waals surface area (Å²) in [5, 5.41) is 3.44. The maximum Gasteiger partial charge on any atom is 0.0728 e. The van der Waals surface area contributed by atoms with E-state index in [-0.39, 0.29) is 0 Å². The highest BCUT2D eigenvalue weighted by atomic mass is 32.1. The Bertz CT molecular complexity index is 380. The molecule has 1 aromatic rings. The minimum atomic E-state index is 0.516. The van der Waals surface area contributed by atoms with E-state index < -0.39 is 0 Å². The number of methoxy groups -OCH3 is 1. The van der Waals surface area contributed by atoms with Crippen LogP contribution in [0.3, 0.4) is 0 Å². The van der Waals surface area contributed by atoms with Crippen LogP contribution in [0, 0.1) is 6.92 Å². The summed E-state index contributed by atoms with van der Waals surface area (Å²) in [7, 11) is 1.71. The van der Waals surface area contributed by atoms with Crippen LogP contribution in [-0.4, -0.2) is 39.6 Å². The molecule has 0 atom stereocenters. The standard InChI is InChI=1S/C16H29NO3S/c1-13(2)17-11-16-10-15(14(3)21-16)12-20-9-8-19-7-5-6-18-4/h10,13,17H,5-9,11-12H2,1-4H3. The van der Waals surface area contributed by atoms with E-state index in [0.717, 1.165) is 26.2 Å². The van der Waals surface area contributed by atoms with Crippen LogP contribution in [0.25, 0.3) is 0 Å². The van der Waals surface area contributed by atoms with Gasteiger partial charge in [-0.2, -0.15) is 0 Å². The molecule has 0 saturated carbocycles. The summed E-state index contributed by atoms with van der Waals surface area (Å²) in [5.74, 6) is 0. The van der Waals surface area contributed by atoms with E-state index in [4.69, 9.17) is 14.2 Å². The minimum Gasteiger partial charge on any atom is -0.385 e. The van der Waals surface area contributed by atoms with Gasteiger partial charge in [-0.15, -0.1) is 11.3 Å². The van der Waals surface area contributed by atoms with Gasteiger partial charge in [0.2, 0.25) is 0 Å². The molecule has 0 fully saturated rings. The van der Waals surface area contributed by atoms with E-state index in [1.54, 1.807) is 7.11 Å². The van der Waals surface area contributed by atoms with Crippen LogP contribution in [0.15, 0.2) is 6.07 Å². The van der Waals surface area contributed by atoms with Gasteiger partial charge < -0.3 is 19.5 Å². The van der Waals surface area contributed by atoms with E-state index in [1.807, 2.05) is 11.3 Å². The van der Waals surface area contributed by atoms with Crippen molar-refractivity contribution in [2.45, 2.75) is 46.4 Å². The van der Waals surface area contributed by atoms with Crippen LogP contribution in [0.5, 0.6) is 0 Å². The molecule has 0 unspecified atom stereocenters. The Hall–Kier alpha value is -0.460. The molecular formula is C16H29NO3S. The summed E-state index contributed by atoms with van der Waals surface area (Å²) in [6, 6.07) is 2.76. The maximum absolute atomic E-state index is 5.68. The zero-order chi connectivity index (χ0) is 15.5. The fraction of sp³-hybridized carbons (Fsp3) is 0.750. The van der Waals surface area contributed by atoms with Crippen LogP contribution in [0.4, 0.5) is 0 Å². The summed E-state index contributed by atoms with van der Waals surface area (Å²) in [5.41, 5.74) is 1.29. The van der Waals surface area contributed by atoms with E-state index in [2.05, 4.69) is 32.2 Å². The summed E-state index contributed by atoms with van der Waals surface area (Å²) >= 11 is 1.85. The van der Waals surface area contributed by atoms with Gasteiger partial charge in [0.1, 0.15) is 0 Å². The Balaban J connectivity index is 2.14. The molecule has 0 spiro atoms. The second-order valence-corrected chi connectivity index (χ2v) is 6.68. The lowest BCUT2D eigenvalue weighted by atomic mass is 10.2. The summed E-state index contributed by atoms with van der Waals surface area (Å²) < 4.78 is 16.1. The molecule has 0 radical (unpaired) electrons. The molecule has 1 N–H and O–H groups in total. The van der Waals surface area contributed by atoms with Crippen molar-refractivity contribution in [3.63, 3.8) is 0 Å². The monoisotopic (exact) mass is 315 g/mol. The van der Waals surface area contributed by atoms with Gasteiger partial charge in [-0.3, -0.25) is 0 Å². The molecule has 1 aromatic heterocycles. The zero-order valence-electron chi connectivity index (χ0n) is 13.7. The topological polar surface area (TPSA) is 39.7 Å². The molecule has 21 heavy (non-hydrogen) atoms. The van der Waals surface area contributed by atoms with Crippen molar-refractivity contribution in [3.05, 3.63) is 21.4 Å². The summed E-state index contributed by atoms with van der Waals surface area (Å²) in [6.07, 6.45) is 0.937. The number of aryl methyl sites for hydroxylation is 1. The molecule has 4 nitrogen and oxygen atoms in total. The van der Waals surface area contributed by atoms with Gasteiger partial charge in [0.25, 0.3) is 0 Å². The van der Waals surface area contributed by atoms with Gasteiger partial charge >= 0.3 is 0 Å². The molecule has 0 aromatic carbocycles. The van der Waals surface area contributed by atoms with E-state index in [9.17, 15) is 0 Å². The largest absolute Gasteiger partial charge is 0.385 e. The van der Waals surface area contributed by atoms with Crippen LogP contribution in [0.2, 0.25) is 0 Å². The summed E-state index contributed by atoms with van der Waals surface area (Å²) in [6.45, 7) is 10.9. The normalized spacial score (nSPS) is 11.5. The minimum absolute atomic E-state index is 0.516. The van der Waals surface area contributed by atoms with Crippen LogP contribution in [-0.2, 0) is 27.4 Å². The molecule has 122 valence electrons. The SMILES string of the molecule is COCCCOCCOCc1cc(CNC(C)C)sc1C. The fourth-order valence-electron chi connectivity index (χ4n) is 1.83. The third-order valence-electron chi connectivity index (χ3n) is 3.02. The number of hydrogen-bond donors (Lipinski definition) is 1. The van der Waals surface area contributed by atoms with Gasteiger partial charge in [0, 0.05) is 42.7 Å². The first-order valence-electron chi connectivity index (χ1n) is 7.59. The number of hydrogen-bond acceptors (Lipinski definition) is 5. The zero-order valence-corrected chi connectivity index (χ0v) is 14.6. The van der Waals surface area contributed by atoms with E-state index >= 15 is 0 Å². The molecular weight excluding hydrogens is 286 g/mol. The highest BCUT2D eigenvalue weighted by Gasteiger charge is 2.06. The average molecular weight is 315 g/mol. The predicted molar refractivity (Wildman–Crippen MR) is 88.0 cm³/mol. The van der Waals surface area contributed by atoms with Gasteiger partial charge in [-0.25, -0.2) is 0 Å². The fourth-order valence-corrected chi connectivity index (χ4v) is 2.83. The quantitative estimate of drug-likeness (QED) is 0.602. The third-order valence-corrected chi connectivity index (χ3v) is 4.12. The molecule has 0 saturated heterocycles. The van der Waals surface area contributed by atoms with Crippen LogP contribution >= 0.6 is 11.3 Å². The Labute approximate surface area is 132 Å². The lowest BCUT2D eigenvalue weighted by molar-refractivity contribution is 0.0336. The van der Waals surface area contributed by atoms with E-state index in [1.165, 1.54) is 15.3 Å². The van der Waals surface area contributed by atoms with Gasteiger partial charge in [-0.1, -0.05) is 13.8 Å². The first-order valence-corrected chi connectivity index (χ1v) is 8.41.